The van der Waals surface area contributed by atoms with Crippen molar-refractivity contribution in [2.45, 2.75) is 32.4 Å². The van der Waals surface area contributed by atoms with Crippen molar-refractivity contribution >= 4 is 12.0 Å². The lowest BCUT2D eigenvalue weighted by atomic mass is 10.2. The highest BCUT2D eigenvalue weighted by Crippen LogP contribution is 1.90. The van der Waals surface area contributed by atoms with Gasteiger partial charge in [0.2, 0.25) is 0 Å². The lowest BCUT2D eigenvalue weighted by Crippen LogP contribution is -2.47. The van der Waals surface area contributed by atoms with Gasteiger partial charge in [0, 0.05) is 6.04 Å². The maximum absolute atomic E-state index is 11.1. The van der Waals surface area contributed by atoms with E-state index in [1.165, 1.54) is 6.92 Å². The van der Waals surface area contributed by atoms with Crippen molar-refractivity contribution in [3.8, 4) is 0 Å². The molecule has 80 valence electrons. The van der Waals surface area contributed by atoms with E-state index in [1.54, 1.807) is 6.08 Å². The number of hydrogen-bond donors (Lipinski definition) is 3. The first-order valence-electron chi connectivity index (χ1n) is 4.38. The van der Waals surface area contributed by atoms with Crippen LogP contribution in [0.1, 0.15) is 20.3 Å². The molecule has 5 heteroatoms. The number of amides is 2. The van der Waals surface area contributed by atoms with Gasteiger partial charge in [0.05, 0.1) is 0 Å². The molecule has 2 atom stereocenters. The molecule has 0 radical (unpaired) electrons. The Hall–Kier alpha value is -1.52. The van der Waals surface area contributed by atoms with Gasteiger partial charge in [0.15, 0.2) is 0 Å². The van der Waals surface area contributed by atoms with Crippen LogP contribution in [0.2, 0.25) is 0 Å². The number of rotatable bonds is 5. The first-order valence-corrected chi connectivity index (χ1v) is 4.38. The summed E-state index contributed by atoms with van der Waals surface area (Å²) in [6.45, 7) is 6.75. The molecule has 0 fully saturated rings. The average molecular weight is 200 g/mol. The molecule has 0 aliphatic carbocycles. The Kier molecular flexibility index (Phi) is 5.36. The quantitative estimate of drug-likeness (QED) is 0.572. The van der Waals surface area contributed by atoms with Crippen LogP contribution < -0.4 is 10.6 Å². The summed E-state index contributed by atoms with van der Waals surface area (Å²) in [7, 11) is 0. The van der Waals surface area contributed by atoms with Crippen molar-refractivity contribution in [1.29, 1.82) is 0 Å². The molecular formula is C9H16N2O3. The molecule has 0 aromatic carbocycles. The van der Waals surface area contributed by atoms with Crippen LogP contribution in [-0.4, -0.2) is 29.2 Å². The third-order valence-corrected chi connectivity index (χ3v) is 1.62. The number of hydrogen-bond acceptors (Lipinski definition) is 2. The van der Waals surface area contributed by atoms with Crippen molar-refractivity contribution in [1.82, 2.24) is 10.6 Å². The molecule has 1 unspecified atom stereocenters. The van der Waals surface area contributed by atoms with Gasteiger partial charge in [-0.25, -0.2) is 4.79 Å². The fourth-order valence-electron chi connectivity index (χ4n) is 0.833. The van der Waals surface area contributed by atoms with E-state index in [-0.39, 0.29) is 6.04 Å². The van der Waals surface area contributed by atoms with Gasteiger partial charge in [-0.2, -0.15) is 0 Å². The SMILES string of the molecule is C=CCC(C)NC(=O)N[C@@H](C)C(=O)O. The maximum Gasteiger partial charge on any atom is 0.325 e. The number of carboxylic acid groups (broad SMARTS) is 1. The van der Waals surface area contributed by atoms with E-state index in [9.17, 15) is 9.59 Å². The summed E-state index contributed by atoms with van der Waals surface area (Å²) in [5.41, 5.74) is 0. The number of carbonyl (C=O) groups excluding carboxylic acids is 1. The molecule has 0 bridgehead atoms. The topological polar surface area (TPSA) is 78.4 Å². The first-order chi connectivity index (χ1) is 6.47. The molecule has 0 spiro atoms. The highest BCUT2D eigenvalue weighted by molar-refractivity contribution is 5.82. The van der Waals surface area contributed by atoms with Crippen LogP contribution in [0.5, 0.6) is 0 Å². The van der Waals surface area contributed by atoms with Gasteiger partial charge in [0.1, 0.15) is 6.04 Å². The van der Waals surface area contributed by atoms with Crippen molar-refractivity contribution < 1.29 is 14.7 Å². The molecule has 0 aromatic rings. The van der Waals surface area contributed by atoms with E-state index < -0.39 is 18.0 Å². The monoisotopic (exact) mass is 200 g/mol. The number of urea groups is 1. The minimum Gasteiger partial charge on any atom is -0.480 e. The summed E-state index contributed by atoms with van der Waals surface area (Å²) < 4.78 is 0. The summed E-state index contributed by atoms with van der Waals surface area (Å²) >= 11 is 0. The van der Waals surface area contributed by atoms with Crippen LogP contribution >= 0.6 is 0 Å². The minimum atomic E-state index is -1.06. The minimum absolute atomic E-state index is 0.0477. The lowest BCUT2D eigenvalue weighted by molar-refractivity contribution is -0.138. The van der Waals surface area contributed by atoms with E-state index in [4.69, 9.17) is 5.11 Å². The van der Waals surface area contributed by atoms with Crippen molar-refractivity contribution in [3.05, 3.63) is 12.7 Å². The predicted molar refractivity (Wildman–Crippen MR) is 53.0 cm³/mol. The summed E-state index contributed by atoms with van der Waals surface area (Å²) in [6, 6.07) is -1.41. The van der Waals surface area contributed by atoms with Gasteiger partial charge in [0.25, 0.3) is 0 Å². The highest BCUT2D eigenvalue weighted by Gasteiger charge is 2.14. The zero-order valence-electron chi connectivity index (χ0n) is 8.41. The standard InChI is InChI=1S/C9H16N2O3/c1-4-5-6(2)10-9(14)11-7(3)8(12)13/h4,6-7H,1,5H2,2-3H3,(H,12,13)(H2,10,11,14)/t6?,7-/m0/s1. The van der Waals surface area contributed by atoms with Crippen molar-refractivity contribution in [2.75, 3.05) is 0 Å². The predicted octanol–water partition coefficient (Wildman–Crippen LogP) is 0.723. The molecule has 14 heavy (non-hydrogen) atoms. The van der Waals surface area contributed by atoms with Crippen LogP contribution in [0.15, 0.2) is 12.7 Å². The fraction of sp³-hybridized carbons (Fsp3) is 0.556. The van der Waals surface area contributed by atoms with Gasteiger partial charge >= 0.3 is 12.0 Å². The third kappa shape index (κ3) is 5.18. The zero-order valence-corrected chi connectivity index (χ0v) is 8.41. The maximum atomic E-state index is 11.1. The summed E-state index contributed by atoms with van der Waals surface area (Å²) in [5.74, 6) is -1.06. The lowest BCUT2D eigenvalue weighted by Gasteiger charge is -2.14. The Labute approximate surface area is 83.2 Å². The van der Waals surface area contributed by atoms with Crippen LogP contribution in [-0.2, 0) is 4.79 Å². The Bertz CT molecular complexity index is 228. The van der Waals surface area contributed by atoms with E-state index >= 15 is 0 Å². The van der Waals surface area contributed by atoms with Gasteiger partial charge in [-0.15, -0.1) is 6.58 Å². The van der Waals surface area contributed by atoms with Gasteiger partial charge < -0.3 is 15.7 Å². The van der Waals surface area contributed by atoms with Crippen LogP contribution in [0.25, 0.3) is 0 Å². The summed E-state index contributed by atoms with van der Waals surface area (Å²) in [4.78, 5) is 21.5. The Morgan fingerprint density at radius 1 is 1.43 bits per heavy atom. The van der Waals surface area contributed by atoms with E-state index in [0.29, 0.717) is 6.42 Å². The van der Waals surface area contributed by atoms with Crippen molar-refractivity contribution in [3.63, 3.8) is 0 Å². The Balaban J connectivity index is 3.86. The van der Waals surface area contributed by atoms with Gasteiger partial charge in [-0.3, -0.25) is 4.79 Å². The van der Waals surface area contributed by atoms with Crippen LogP contribution in [0, 0.1) is 0 Å². The highest BCUT2D eigenvalue weighted by atomic mass is 16.4. The van der Waals surface area contributed by atoms with Gasteiger partial charge in [-0.1, -0.05) is 6.08 Å². The van der Waals surface area contributed by atoms with E-state index in [0.717, 1.165) is 0 Å². The summed E-state index contributed by atoms with van der Waals surface area (Å²) in [6.07, 6.45) is 2.33. The normalized spacial score (nSPS) is 13.9. The van der Waals surface area contributed by atoms with Crippen LogP contribution in [0.4, 0.5) is 4.79 Å². The van der Waals surface area contributed by atoms with Crippen LogP contribution in [0.3, 0.4) is 0 Å². The molecule has 0 saturated carbocycles. The molecule has 2 amide bonds. The average Bonchev–Trinajstić information content (AvgIpc) is 2.03. The Morgan fingerprint density at radius 3 is 2.43 bits per heavy atom. The molecule has 0 saturated heterocycles. The number of carboxylic acids is 1. The molecule has 0 aliphatic rings. The molecule has 5 nitrogen and oxygen atoms in total. The van der Waals surface area contributed by atoms with E-state index in [2.05, 4.69) is 17.2 Å². The Morgan fingerprint density at radius 2 is 2.00 bits per heavy atom. The summed E-state index contributed by atoms with van der Waals surface area (Å²) in [5, 5.41) is 13.4. The number of nitrogens with one attached hydrogen (secondary N) is 2. The smallest absolute Gasteiger partial charge is 0.325 e. The van der Waals surface area contributed by atoms with E-state index in [1.807, 2.05) is 6.92 Å². The molecule has 3 N–H and O–H groups in total. The number of aliphatic carboxylic acids is 1. The molecule has 0 heterocycles. The number of carbonyl (C=O) groups is 2. The second-order valence-corrected chi connectivity index (χ2v) is 3.10. The third-order valence-electron chi connectivity index (χ3n) is 1.62. The largest absolute Gasteiger partial charge is 0.480 e. The second kappa shape index (κ2) is 6.01. The molecule has 0 aliphatic heterocycles. The molecule has 0 rings (SSSR count). The fourth-order valence-corrected chi connectivity index (χ4v) is 0.833. The first kappa shape index (κ1) is 12.5. The zero-order chi connectivity index (χ0) is 11.1. The van der Waals surface area contributed by atoms with Crippen molar-refractivity contribution in [2.24, 2.45) is 0 Å². The molecular weight excluding hydrogens is 184 g/mol. The molecule has 0 aromatic heterocycles. The second-order valence-electron chi connectivity index (χ2n) is 3.10. The van der Waals surface area contributed by atoms with Gasteiger partial charge in [-0.05, 0) is 20.3 Å².